The smallest absolute Gasteiger partial charge is 0.234 e. The van der Waals surface area contributed by atoms with Gasteiger partial charge in [0.1, 0.15) is 0 Å². The Morgan fingerprint density at radius 2 is 2.05 bits per heavy atom. The van der Waals surface area contributed by atoms with Gasteiger partial charge in [-0.2, -0.15) is 0 Å². The molecule has 0 aliphatic carbocycles. The number of anilines is 1. The van der Waals surface area contributed by atoms with Gasteiger partial charge in [-0.25, -0.2) is 0 Å². The van der Waals surface area contributed by atoms with Crippen molar-refractivity contribution >= 4 is 28.8 Å². The van der Waals surface area contributed by atoms with Crippen LogP contribution < -0.4 is 11.1 Å². The average molecular weight is 294 g/mol. The molecule has 20 heavy (non-hydrogen) atoms. The van der Waals surface area contributed by atoms with Crippen LogP contribution in [0.15, 0.2) is 24.3 Å². The summed E-state index contributed by atoms with van der Waals surface area (Å²) in [5.41, 5.74) is 7.48. The molecule has 1 rings (SSSR count). The van der Waals surface area contributed by atoms with Gasteiger partial charge in [-0.05, 0) is 24.0 Å². The fourth-order valence-electron chi connectivity index (χ4n) is 2.04. The molecule has 1 aromatic rings. The Bertz CT molecular complexity index is 475. The summed E-state index contributed by atoms with van der Waals surface area (Å²) in [6.45, 7) is 4.47. The van der Waals surface area contributed by atoms with Crippen LogP contribution in [0.5, 0.6) is 0 Å². The summed E-state index contributed by atoms with van der Waals surface area (Å²) in [6.07, 6.45) is 0.742. The lowest BCUT2D eigenvalue weighted by Crippen LogP contribution is -2.37. The highest BCUT2D eigenvalue weighted by atomic mass is 32.1. The number of hydrogen-bond donors (Lipinski definition) is 2. The van der Waals surface area contributed by atoms with Crippen LogP contribution >= 0.6 is 12.2 Å². The predicted molar refractivity (Wildman–Crippen MR) is 85.8 cm³/mol. The molecule has 0 spiro atoms. The molecule has 1 atom stereocenters. The molecule has 1 unspecified atom stereocenters. The first-order chi connectivity index (χ1) is 9.47. The van der Waals surface area contributed by atoms with Crippen LogP contribution in [-0.4, -0.2) is 24.6 Å². The lowest BCUT2D eigenvalue weighted by molar-refractivity contribution is -0.118. The summed E-state index contributed by atoms with van der Waals surface area (Å²) >= 11 is 4.99. The van der Waals surface area contributed by atoms with Gasteiger partial charge in [-0.15, -0.1) is 0 Å². The highest BCUT2D eigenvalue weighted by Gasteiger charge is 2.25. The fourth-order valence-corrected chi connectivity index (χ4v) is 2.42. The molecule has 0 fully saturated rings. The maximum absolute atomic E-state index is 12.3. The second-order valence-electron chi connectivity index (χ2n) is 5.01. The molecule has 110 valence electrons. The molecular formula is C15H22N2O2S. The highest BCUT2D eigenvalue weighted by molar-refractivity contribution is 7.80. The summed E-state index contributed by atoms with van der Waals surface area (Å²) in [5, 5.41) is 2.92. The van der Waals surface area contributed by atoms with Crippen molar-refractivity contribution in [3.63, 3.8) is 0 Å². The lowest BCUT2D eigenvalue weighted by Gasteiger charge is -2.20. The number of methoxy groups -OCH3 is 1. The Balaban J connectivity index is 2.86. The van der Waals surface area contributed by atoms with E-state index in [9.17, 15) is 4.79 Å². The molecule has 0 saturated carbocycles. The van der Waals surface area contributed by atoms with Gasteiger partial charge >= 0.3 is 0 Å². The van der Waals surface area contributed by atoms with E-state index >= 15 is 0 Å². The number of carbonyl (C=O) groups excluding carboxylic acids is 1. The fraction of sp³-hybridized carbons (Fsp3) is 0.467. The molecule has 1 amide bonds. The van der Waals surface area contributed by atoms with Crippen molar-refractivity contribution in [1.82, 2.24) is 0 Å². The van der Waals surface area contributed by atoms with Crippen LogP contribution in [-0.2, 0) is 16.0 Å². The summed E-state index contributed by atoms with van der Waals surface area (Å²) in [4.78, 5) is 12.5. The molecular weight excluding hydrogens is 272 g/mol. The maximum atomic E-state index is 12.3. The van der Waals surface area contributed by atoms with Crippen molar-refractivity contribution in [1.29, 1.82) is 0 Å². The topological polar surface area (TPSA) is 64.3 Å². The normalized spacial score (nSPS) is 12.2. The van der Waals surface area contributed by atoms with E-state index in [2.05, 4.69) is 5.32 Å². The third-order valence-electron chi connectivity index (χ3n) is 3.11. The minimum Gasteiger partial charge on any atom is -0.393 e. The van der Waals surface area contributed by atoms with Gasteiger partial charge in [0, 0.05) is 12.8 Å². The van der Waals surface area contributed by atoms with Gasteiger partial charge in [0.15, 0.2) is 0 Å². The first-order valence-electron chi connectivity index (χ1n) is 6.64. The van der Waals surface area contributed by atoms with Gasteiger partial charge in [0.2, 0.25) is 5.91 Å². The molecule has 0 bridgehead atoms. The standard InChI is InChI=1S/C15H22N2O2S/c1-10(2)13(14(16)20)15(18)17-12-7-5-4-6-11(12)8-9-19-3/h4-7,10,13H,8-9H2,1-3H3,(H2,16,20)(H,17,18). The monoisotopic (exact) mass is 294 g/mol. The first kappa shape index (κ1) is 16.6. The minimum atomic E-state index is -0.458. The van der Waals surface area contributed by atoms with E-state index < -0.39 is 5.92 Å². The Kier molecular flexibility index (Phi) is 6.61. The highest BCUT2D eigenvalue weighted by Crippen LogP contribution is 2.19. The maximum Gasteiger partial charge on any atom is 0.234 e. The van der Waals surface area contributed by atoms with Crippen LogP contribution in [0.25, 0.3) is 0 Å². The van der Waals surface area contributed by atoms with E-state index in [1.54, 1.807) is 7.11 Å². The molecule has 3 N–H and O–H groups in total. The molecule has 0 heterocycles. The number of nitrogens with two attached hydrogens (primary N) is 1. The average Bonchev–Trinajstić information content (AvgIpc) is 2.36. The van der Waals surface area contributed by atoms with Gasteiger partial charge in [-0.1, -0.05) is 44.3 Å². The van der Waals surface area contributed by atoms with Crippen molar-refractivity contribution in [3.05, 3.63) is 29.8 Å². The minimum absolute atomic E-state index is 0.0682. The van der Waals surface area contributed by atoms with Crippen molar-refractivity contribution < 1.29 is 9.53 Å². The van der Waals surface area contributed by atoms with E-state index in [-0.39, 0.29) is 16.8 Å². The van der Waals surface area contributed by atoms with Gasteiger partial charge in [0.25, 0.3) is 0 Å². The van der Waals surface area contributed by atoms with Gasteiger partial charge in [0.05, 0.1) is 17.5 Å². The number of amides is 1. The van der Waals surface area contributed by atoms with Crippen molar-refractivity contribution in [2.45, 2.75) is 20.3 Å². The molecule has 0 aromatic heterocycles. The number of benzene rings is 1. The third kappa shape index (κ3) is 4.58. The summed E-state index contributed by atoms with van der Waals surface area (Å²) in [7, 11) is 1.66. The summed E-state index contributed by atoms with van der Waals surface area (Å²) in [6, 6.07) is 7.67. The molecule has 0 saturated heterocycles. The Morgan fingerprint density at radius 3 is 2.60 bits per heavy atom. The number of thiocarbonyl (C=S) groups is 1. The summed E-state index contributed by atoms with van der Waals surface area (Å²) in [5.74, 6) is -0.545. The second kappa shape index (κ2) is 7.97. The zero-order valence-electron chi connectivity index (χ0n) is 12.2. The second-order valence-corrected chi connectivity index (χ2v) is 5.48. The summed E-state index contributed by atoms with van der Waals surface area (Å²) < 4.78 is 5.08. The van der Waals surface area contributed by atoms with Crippen molar-refractivity contribution in [2.24, 2.45) is 17.6 Å². The van der Waals surface area contributed by atoms with Crippen LogP contribution in [0.1, 0.15) is 19.4 Å². The lowest BCUT2D eigenvalue weighted by atomic mass is 9.94. The largest absolute Gasteiger partial charge is 0.393 e. The van der Waals surface area contributed by atoms with Crippen molar-refractivity contribution in [3.8, 4) is 0 Å². The third-order valence-corrected chi connectivity index (χ3v) is 3.36. The predicted octanol–water partition coefficient (Wildman–Crippen LogP) is 2.37. The van der Waals surface area contributed by atoms with E-state index in [1.807, 2.05) is 38.1 Å². The molecule has 5 heteroatoms. The number of hydrogen-bond acceptors (Lipinski definition) is 3. The Labute approximate surface area is 125 Å². The number of ether oxygens (including phenoxy) is 1. The van der Waals surface area contributed by atoms with E-state index in [4.69, 9.17) is 22.7 Å². The molecule has 4 nitrogen and oxygen atoms in total. The van der Waals surface area contributed by atoms with Crippen LogP contribution in [0.3, 0.4) is 0 Å². The molecule has 0 radical (unpaired) electrons. The van der Waals surface area contributed by atoms with Crippen LogP contribution in [0, 0.1) is 11.8 Å². The number of rotatable bonds is 7. The van der Waals surface area contributed by atoms with Crippen LogP contribution in [0.4, 0.5) is 5.69 Å². The molecule has 1 aromatic carbocycles. The van der Waals surface area contributed by atoms with E-state index in [1.165, 1.54) is 0 Å². The number of para-hydroxylation sites is 1. The van der Waals surface area contributed by atoms with Crippen LogP contribution in [0.2, 0.25) is 0 Å². The van der Waals surface area contributed by atoms with Gasteiger partial charge in [-0.3, -0.25) is 4.79 Å². The quantitative estimate of drug-likeness (QED) is 0.758. The zero-order valence-corrected chi connectivity index (χ0v) is 13.0. The first-order valence-corrected chi connectivity index (χ1v) is 7.05. The molecule has 0 aliphatic heterocycles. The molecule has 0 aliphatic rings. The van der Waals surface area contributed by atoms with Gasteiger partial charge < -0.3 is 15.8 Å². The Morgan fingerprint density at radius 1 is 1.40 bits per heavy atom. The zero-order chi connectivity index (χ0) is 15.1. The number of nitrogens with one attached hydrogen (secondary N) is 1. The Hall–Kier alpha value is -1.46. The van der Waals surface area contributed by atoms with E-state index in [0.717, 1.165) is 17.7 Å². The number of carbonyl (C=O) groups is 1. The van der Waals surface area contributed by atoms with E-state index in [0.29, 0.717) is 6.61 Å². The van der Waals surface area contributed by atoms with Crippen molar-refractivity contribution in [2.75, 3.05) is 19.0 Å². The SMILES string of the molecule is COCCc1ccccc1NC(=O)C(C(N)=S)C(C)C.